The van der Waals surface area contributed by atoms with E-state index in [9.17, 15) is 4.79 Å². The molecular formula is C17H22N2OS. The normalized spacial score (nSPS) is 12.1. The van der Waals surface area contributed by atoms with Crippen LogP contribution < -0.4 is 10.6 Å². The first-order valence-electron chi connectivity index (χ1n) is 7.17. The summed E-state index contributed by atoms with van der Waals surface area (Å²) in [6, 6.07) is 12.3. The Morgan fingerprint density at radius 2 is 1.95 bits per heavy atom. The fraction of sp³-hybridized carbons (Fsp3) is 0.353. The Hall–Kier alpha value is -1.65. The number of carbonyl (C=O) groups is 1. The zero-order chi connectivity index (χ0) is 15.2. The molecule has 4 heteroatoms. The third kappa shape index (κ3) is 4.69. The van der Waals surface area contributed by atoms with Crippen LogP contribution in [0, 0.1) is 13.8 Å². The topological polar surface area (TPSA) is 41.1 Å². The first-order chi connectivity index (χ1) is 10.1. The lowest BCUT2D eigenvalue weighted by atomic mass is 10.1. The van der Waals surface area contributed by atoms with Crippen LogP contribution in [0.25, 0.3) is 0 Å². The Labute approximate surface area is 130 Å². The van der Waals surface area contributed by atoms with E-state index >= 15 is 0 Å². The largest absolute Gasteiger partial charge is 0.351 e. The van der Waals surface area contributed by atoms with Gasteiger partial charge in [-0.2, -0.15) is 0 Å². The predicted octanol–water partition coefficient (Wildman–Crippen LogP) is 3.33. The number of nitrogens with one attached hydrogen (secondary N) is 2. The van der Waals surface area contributed by atoms with Crippen LogP contribution in [-0.4, -0.2) is 12.5 Å². The molecule has 0 aliphatic rings. The molecule has 0 aliphatic carbocycles. The summed E-state index contributed by atoms with van der Waals surface area (Å²) in [4.78, 5) is 14.5. The van der Waals surface area contributed by atoms with Crippen LogP contribution >= 0.6 is 11.3 Å². The monoisotopic (exact) mass is 302 g/mol. The molecule has 0 aliphatic heterocycles. The number of amides is 1. The average Bonchev–Trinajstić information content (AvgIpc) is 2.82. The molecule has 21 heavy (non-hydrogen) atoms. The molecule has 0 bridgehead atoms. The van der Waals surface area contributed by atoms with Crippen molar-refractivity contribution in [3.05, 3.63) is 57.3 Å². The number of carbonyl (C=O) groups excluding carboxylic acids is 1. The molecule has 0 spiro atoms. The van der Waals surface area contributed by atoms with E-state index in [2.05, 4.69) is 37.5 Å². The molecule has 0 saturated heterocycles. The van der Waals surface area contributed by atoms with Gasteiger partial charge in [0.2, 0.25) is 5.91 Å². The molecule has 1 heterocycles. The third-order valence-corrected chi connectivity index (χ3v) is 4.43. The quantitative estimate of drug-likeness (QED) is 0.859. The van der Waals surface area contributed by atoms with Gasteiger partial charge in [-0.15, -0.1) is 11.3 Å². The smallest absolute Gasteiger partial charge is 0.234 e. The average molecular weight is 302 g/mol. The molecule has 0 saturated carbocycles. The lowest BCUT2D eigenvalue weighted by Crippen LogP contribution is -2.34. The molecule has 1 amide bonds. The second-order valence-corrected chi connectivity index (χ2v) is 6.69. The number of hydrogen-bond donors (Lipinski definition) is 2. The molecule has 3 nitrogen and oxygen atoms in total. The molecular weight excluding hydrogens is 280 g/mol. The van der Waals surface area contributed by atoms with Gasteiger partial charge in [0.1, 0.15) is 0 Å². The van der Waals surface area contributed by atoms with Gasteiger partial charge in [0.05, 0.1) is 6.54 Å². The van der Waals surface area contributed by atoms with Gasteiger partial charge in [-0.25, -0.2) is 0 Å². The number of thiophene rings is 1. The zero-order valence-corrected chi connectivity index (χ0v) is 13.6. The fourth-order valence-corrected chi connectivity index (χ4v) is 3.32. The Morgan fingerprint density at radius 1 is 1.24 bits per heavy atom. The molecule has 1 aromatic carbocycles. The number of rotatable bonds is 6. The minimum Gasteiger partial charge on any atom is -0.351 e. The van der Waals surface area contributed by atoms with Crippen LogP contribution in [0.15, 0.2) is 36.4 Å². The lowest BCUT2D eigenvalue weighted by molar-refractivity contribution is -0.120. The first-order valence-corrected chi connectivity index (χ1v) is 7.99. The molecule has 112 valence electrons. The molecule has 0 fully saturated rings. The van der Waals surface area contributed by atoms with E-state index in [1.165, 1.54) is 15.3 Å². The molecule has 2 rings (SSSR count). The van der Waals surface area contributed by atoms with Crippen molar-refractivity contribution in [2.45, 2.75) is 33.4 Å². The van der Waals surface area contributed by atoms with E-state index in [1.807, 2.05) is 30.3 Å². The minimum absolute atomic E-state index is 0.0234. The van der Waals surface area contributed by atoms with Gasteiger partial charge >= 0.3 is 0 Å². The Morgan fingerprint density at radius 3 is 2.57 bits per heavy atom. The highest BCUT2D eigenvalue weighted by molar-refractivity contribution is 7.12. The van der Waals surface area contributed by atoms with Gasteiger partial charge in [-0.3, -0.25) is 4.79 Å². The molecule has 2 aromatic rings. The highest BCUT2D eigenvalue weighted by atomic mass is 32.1. The van der Waals surface area contributed by atoms with Crippen LogP contribution in [0.2, 0.25) is 0 Å². The van der Waals surface area contributed by atoms with Crippen molar-refractivity contribution < 1.29 is 4.79 Å². The second-order valence-electron chi connectivity index (χ2n) is 5.23. The Balaban J connectivity index is 1.77. The van der Waals surface area contributed by atoms with Gasteiger partial charge in [-0.05, 0) is 38.0 Å². The van der Waals surface area contributed by atoms with E-state index in [0.29, 0.717) is 13.1 Å². The van der Waals surface area contributed by atoms with E-state index in [1.54, 1.807) is 11.3 Å². The predicted molar refractivity (Wildman–Crippen MR) is 88.5 cm³/mol. The standard InChI is InChI=1S/C17H22N2OS/c1-12-9-16(14(3)21-12)13(2)18-11-17(20)19-10-15-7-5-4-6-8-15/h4-9,13,18H,10-11H2,1-3H3,(H,19,20). The van der Waals surface area contributed by atoms with Crippen molar-refractivity contribution >= 4 is 17.2 Å². The van der Waals surface area contributed by atoms with E-state index < -0.39 is 0 Å². The van der Waals surface area contributed by atoms with E-state index in [0.717, 1.165) is 5.56 Å². The maximum absolute atomic E-state index is 11.9. The second kappa shape index (κ2) is 7.38. The van der Waals surface area contributed by atoms with Crippen LogP contribution in [0.3, 0.4) is 0 Å². The van der Waals surface area contributed by atoms with Gasteiger partial charge in [0.15, 0.2) is 0 Å². The summed E-state index contributed by atoms with van der Waals surface area (Å²) in [7, 11) is 0. The van der Waals surface area contributed by atoms with Crippen LogP contribution in [0.4, 0.5) is 0 Å². The Bertz CT molecular complexity index is 592. The van der Waals surface area contributed by atoms with Crippen LogP contribution in [0.5, 0.6) is 0 Å². The minimum atomic E-state index is 0.0234. The highest BCUT2D eigenvalue weighted by Gasteiger charge is 2.12. The Kier molecular flexibility index (Phi) is 5.53. The van der Waals surface area contributed by atoms with Crippen molar-refractivity contribution in [2.24, 2.45) is 0 Å². The number of benzene rings is 1. The van der Waals surface area contributed by atoms with Crippen molar-refractivity contribution in [1.82, 2.24) is 10.6 Å². The molecule has 1 unspecified atom stereocenters. The van der Waals surface area contributed by atoms with Gasteiger partial charge in [0.25, 0.3) is 0 Å². The summed E-state index contributed by atoms with van der Waals surface area (Å²) < 4.78 is 0. The summed E-state index contributed by atoms with van der Waals surface area (Å²) in [6.45, 7) is 7.24. The molecule has 1 aromatic heterocycles. The van der Waals surface area contributed by atoms with Crippen LogP contribution in [-0.2, 0) is 11.3 Å². The SMILES string of the molecule is Cc1cc(C(C)NCC(=O)NCc2ccccc2)c(C)s1. The van der Waals surface area contributed by atoms with E-state index in [-0.39, 0.29) is 11.9 Å². The zero-order valence-electron chi connectivity index (χ0n) is 12.8. The van der Waals surface area contributed by atoms with Crippen molar-refractivity contribution in [1.29, 1.82) is 0 Å². The highest BCUT2D eigenvalue weighted by Crippen LogP contribution is 2.25. The summed E-state index contributed by atoms with van der Waals surface area (Å²) in [5, 5.41) is 6.21. The maximum atomic E-state index is 11.9. The van der Waals surface area contributed by atoms with Crippen LogP contribution in [0.1, 0.15) is 33.8 Å². The summed E-state index contributed by atoms with van der Waals surface area (Å²) in [5.41, 5.74) is 2.40. The van der Waals surface area contributed by atoms with Gasteiger partial charge in [-0.1, -0.05) is 30.3 Å². The third-order valence-electron chi connectivity index (χ3n) is 3.45. The summed E-state index contributed by atoms with van der Waals surface area (Å²) in [6.07, 6.45) is 0. The van der Waals surface area contributed by atoms with E-state index in [4.69, 9.17) is 0 Å². The van der Waals surface area contributed by atoms with Gasteiger partial charge < -0.3 is 10.6 Å². The first kappa shape index (κ1) is 15.7. The fourth-order valence-electron chi connectivity index (χ4n) is 2.30. The molecule has 2 N–H and O–H groups in total. The summed E-state index contributed by atoms with van der Waals surface area (Å²) in [5.74, 6) is 0.0234. The van der Waals surface area contributed by atoms with Crippen molar-refractivity contribution in [2.75, 3.05) is 6.54 Å². The lowest BCUT2D eigenvalue weighted by Gasteiger charge is -2.14. The number of hydrogen-bond acceptors (Lipinski definition) is 3. The van der Waals surface area contributed by atoms with Gasteiger partial charge in [0, 0.05) is 22.3 Å². The number of aryl methyl sites for hydroxylation is 2. The van der Waals surface area contributed by atoms with Crippen molar-refractivity contribution in [3.63, 3.8) is 0 Å². The maximum Gasteiger partial charge on any atom is 0.234 e. The molecule has 1 atom stereocenters. The summed E-state index contributed by atoms with van der Waals surface area (Å²) >= 11 is 1.80. The van der Waals surface area contributed by atoms with Crippen molar-refractivity contribution in [3.8, 4) is 0 Å². The molecule has 0 radical (unpaired) electrons.